The van der Waals surface area contributed by atoms with Crippen molar-refractivity contribution in [1.82, 2.24) is 10.2 Å². The lowest BCUT2D eigenvalue weighted by Crippen LogP contribution is -2.53. The van der Waals surface area contributed by atoms with E-state index in [1.165, 1.54) is 4.90 Å². The van der Waals surface area contributed by atoms with E-state index in [0.29, 0.717) is 25.7 Å². The largest absolute Gasteiger partial charge is 0.480 e. The fourth-order valence-corrected chi connectivity index (χ4v) is 4.37. The van der Waals surface area contributed by atoms with Crippen molar-refractivity contribution in [3.05, 3.63) is 71.8 Å². The summed E-state index contributed by atoms with van der Waals surface area (Å²) >= 11 is 0. The van der Waals surface area contributed by atoms with Gasteiger partial charge in [0, 0.05) is 0 Å². The zero-order valence-electron chi connectivity index (χ0n) is 19.0. The quantitative estimate of drug-likeness (QED) is 0.537. The Morgan fingerprint density at radius 3 is 2.39 bits per heavy atom. The number of ether oxygens (including phenoxy) is 1. The maximum atomic E-state index is 13.5. The van der Waals surface area contributed by atoms with Gasteiger partial charge in [0.15, 0.2) is 0 Å². The standard InChI is InChI=1S/C26H32N2O5/c1-2-33-26(32)22(17-16-19-10-5-3-6-11-19)27-21-14-9-15-23(20-12-7-4-8-13-20)28(25(21)31)18-24(29)30/h3-8,10-13,21-23,27H,2,9,14-18H2,1H3,(H,29,30)/t21?,22-,23?/m0/s1. The molecular weight excluding hydrogens is 420 g/mol. The molecule has 1 saturated heterocycles. The second kappa shape index (κ2) is 12.2. The van der Waals surface area contributed by atoms with Crippen molar-refractivity contribution in [1.29, 1.82) is 0 Å². The van der Waals surface area contributed by atoms with Crippen LogP contribution in [-0.2, 0) is 25.5 Å². The third-order valence-electron chi connectivity index (χ3n) is 5.96. The van der Waals surface area contributed by atoms with Gasteiger partial charge in [-0.2, -0.15) is 0 Å². The van der Waals surface area contributed by atoms with E-state index in [9.17, 15) is 19.5 Å². The second-order valence-corrected chi connectivity index (χ2v) is 8.27. The van der Waals surface area contributed by atoms with E-state index in [1.54, 1.807) is 6.92 Å². The number of carbonyl (C=O) groups is 3. The zero-order valence-corrected chi connectivity index (χ0v) is 19.0. The highest BCUT2D eigenvalue weighted by Gasteiger charge is 2.36. The molecule has 176 valence electrons. The van der Waals surface area contributed by atoms with Gasteiger partial charge in [-0.15, -0.1) is 0 Å². The molecule has 0 bridgehead atoms. The number of nitrogens with one attached hydrogen (secondary N) is 1. The van der Waals surface area contributed by atoms with Crippen LogP contribution in [0.1, 0.15) is 49.8 Å². The van der Waals surface area contributed by atoms with Crippen LogP contribution in [0.25, 0.3) is 0 Å². The summed E-state index contributed by atoms with van der Waals surface area (Å²) in [5.41, 5.74) is 2.01. The summed E-state index contributed by atoms with van der Waals surface area (Å²) in [5, 5.41) is 12.7. The van der Waals surface area contributed by atoms with E-state index in [2.05, 4.69) is 5.32 Å². The van der Waals surface area contributed by atoms with E-state index in [-0.39, 0.29) is 25.1 Å². The summed E-state index contributed by atoms with van der Waals surface area (Å²) in [6.07, 6.45) is 3.06. The fraction of sp³-hybridized carbons (Fsp3) is 0.423. The van der Waals surface area contributed by atoms with Crippen LogP contribution in [-0.4, -0.2) is 53.1 Å². The number of amides is 1. The van der Waals surface area contributed by atoms with Crippen molar-refractivity contribution >= 4 is 17.8 Å². The molecule has 0 saturated carbocycles. The first kappa shape index (κ1) is 24.5. The third-order valence-corrected chi connectivity index (χ3v) is 5.96. The molecule has 1 fully saturated rings. The minimum absolute atomic E-state index is 0.252. The minimum atomic E-state index is -1.06. The molecule has 2 aromatic carbocycles. The van der Waals surface area contributed by atoms with Crippen LogP contribution >= 0.6 is 0 Å². The Bertz CT molecular complexity index is 919. The lowest BCUT2D eigenvalue weighted by molar-refractivity contribution is -0.149. The molecule has 33 heavy (non-hydrogen) atoms. The highest BCUT2D eigenvalue weighted by molar-refractivity contribution is 5.87. The molecule has 0 aliphatic carbocycles. The number of aryl methyl sites for hydroxylation is 1. The molecule has 2 unspecified atom stereocenters. The first-order chi connectivity index (χ1) is 16.0. The van der Waals surface area contributed by atoms with E-state index in [0.717, 1.165) is 17.5 Å². The van der Waals surface area contributed by atoms with Crippen LogP contribution in [0.3, 0.4) is 0 Å². The van der Waals surface area contributed by atoms with Gasteiger partial charge >= 0.3 is 11.9 Å². The van der Waals surface area contributed by atoms with Gasteiger partial charge in [0.2, 0.25) is 5.91 Å². The van der Waals surface area contributed by atoms with Gasteiger partial charge in [0.25, 0.3) is 0 Å². The van der Waals surface area contributed by atoms with Gasteiger partial charge in [0.05, 0.1) is 18.7 Å². The highest BCUT2D eigenvalue weighted by Crippen LogP contribution is 2.31. The van der Waals surface area contributed by atoms with E-state index >= 15 is 0 Å². The maximum Gasteiger partial charge on any atom is 0.323 e. The topological polar surface area (TPSA) is 95.9 Å². The molecule has 7 nitrogen and oxygen atoms in total. The average Bonchev–Trinajstić information content (AvgIpc) is 2.96. The molecule has 3 atom stereocenters. The molecule has 1 aliphatic rings. The fourth-order valence-electron chi connectivity index (χ4n) is 4.37. The Morgan fingerprint density at radius 2 is 1.76 bits per heavy atom. The predicted molar refractivity (Wildman–Crippen MR) is 124 cm³/mol. The number of rotatable bonds is 10. The van der Waals surface area contributed by atoms with E-state index in [4.69, 9.17) is 4.74 Å². The average molecular weight is 453 g/mol. The van der Waals surface area contributed by atoms with Gasteiger partial charge in [-0.3, -0.25) is 19.7 Å². The smallest absolute Gasteiger partial charge is 0.323 e. The van der Waals surface area contributed by atoms with Gasteiger partial charge in [-0.1, -0.05) is 60.7 Å². The number of carboxylic acid groups (broad SMARTS) is 1. The van der Waals surface area contributed by atoms with Crippen LogP contribution in [0.15, 0.2) is 60.7 Å². The number of carbonyl (C=O) groups excluding carboxylic acids is 2. The van der Waals surface area contributed by atoms with Crippen molar-refractivity contribution in [2.75, 3.05) is 13.2 Å². The summed E-state index contributed by atoms with van der Waals surface area (Å²) in [4.78, 5) is 39.2. The van der Waals surface area contributed by atoms with Crippen LogP contribution < -0.4 is 5.32 Å². The molecular formula is C26H32N2O5. The monoisotopic (exact) mass is 452 g/mol. The first-order valence-corrected chi connectivity index (χ1v) is 11.5. The van der Waals surface area contributed by atoms with Crippen LogP contribution in [0.4, 0.5) is 0 Å². The van der Waals surface area contributed by atoms with Crippen molar-refractivity contribution in [3.63, 3.8) is 0 Å². The number of aliphatic carboxylic acids is 1. The molecule has 3 rings (SSSR count). The third kappa shape index (κ3) is 6.89. The number of nitrogens with zero attached hydrogens (tertiary/aromatic N) is 1. The zero-order chi connectivity index (χ0) is 23.6. The molecule has 1 aliphatic heterocycles. The van der Waals surface area contributed by atoms with Crippen molar-refractivity contribution in [3.8, 4) is 0 Å². The second-order valence-electron chi connectivity index (χ2n) is 8.27. The number of hydrogen-bond donors (Lipinski definition) is 2. The lowest BCUT2D eigenvalue weighted by atomic mass is 10.0. The summed E-state index contributed by atoms with van der Waals surface area (Å²) in [7, 11) is 0. The van der Waals surface area contributed by atoms with Gasteiger partial charge in [0.1, 0.15) is 12.6 Å². The van der Waals surface area contributed by atoms with Gasteiger partial charge < -0.3 is 14.7 Å². The Morgan fingerprint density at radius 1 is 1.09 bits per heavy atom. The maximum absolute atomic E-state index is 13.5. The number of esters is 1. The van der Waals surface area contributed by atoms with Gasteiger partial charge in [-0.25, -0.2) is 0 Å². The predicted octanol–water partition coefficient (Wildman–Crippen LogP) is 3.35. The molecule has 2 aromatic rings. The number of benzene rings is 2. The minimum Gasteiger partial charge on any atom is -0.480 e. The Kier molecular flexibility index (Phi) is 9.01. The Labute approximate surface area is 194 Å². The molecule has 1 amide bonds. The molecule has 1 heterocycles. The van der Waals surface area contributed by atoms with Crippen molar-refractivity contribution in [2.45, 2.75) is 57.2 Å². The number of hydrogen-bond acceptors (Lipinski definition) is 5. The number of likely N-dealkylation sites (tertiary alicyclic amines) is 1. The normalized spacial score (nSPS) is 19.5. The lowest BCUT2D eigenvalue weighted by Gasteiger charge is -2.32. The van der Waals surface area contributed by atoms with Gasteiger partial charge in [-0.05, 0) is 50.2 Å². The van der Waals surface area contributed by atoms with Crippen LogP contribution in [0, 0.1) is 0 Å². The van der Waals surface area contributed by atoms with Crippen LogP contribution in [0.5, 0.6) is 0 Å². The number of carboxylic acids is 1. The highest BCUT2D eigenvalue weighted by atomic mass is 16.5. The molecule has 7 heteroatoms. The Hall–Kier alpha value is -3.19. The Balaban J connectivity index is 1.79. The van der Waals surface area contributed by atoms with E-state index in [1.807, 2.05) is 60.7 Å². The molecule has 0 aromatic heterocycles. The first-order valence-electron chi connectivity index (χ1n) is 11.5. The summed E-state index contributed by atoms with van der Waals surface area (Å²) in [5.74, 6) is -1.75. The molecule has 2 N–H and O–H groups in total. The molecule has 0 spiro atoms. The summed E-state index contributed by atoms with van der Waals surface area (Å²) < 4.78 is 5.26. The SMILES string of the molecule is CCOC(=O)[C@H](CCc1ccccc1)NC1CCCC(c2ccccc2)N(CC(=O)O)C1=O. The van der Waals surface area contributed by atoms with Crippen molar-refractivity contribution in [2.24, 2.45) is 0 Å². The van der Waals surface area contributed by atoms with Crippen molar-refractivity contribution < 1.29 is 24.2 Å². The molecule has 0 radical (unpaired) electrons. The van der Waals surface area contributed by atoms with Crippen LogP contribution in [0.2, 0.25) is 0 Å². The van der Waals surface area contributed by atoms with E-state index < -0.39 is 24.0 Å². The summed E-state index contributed by atoms with van der Waals surface area (Å²) in [6, 6.07) is 17.7. The summed E-state index contributed by atoms with van der Waals surface area (Å²) in [6.45, 7) is 1.62.